The van der Waals surface area contributed by atoms with Crippen molar-refractivity contribution in [3.63, 3.8) is 0 Å². The molecule has 96 valence electrons. The maximum Gasteiger partial charge on any atom is 0.337 e. The van der Waals surface area contributed by atoms with E-state index in [1.807, 2.05) is 11.4 Å². The predicted molar refractivity (Wildman–Crippen MR) is 75.3 cm³/mol. The summed E-state index contributed by atoms with van der Waals surface area (Å²) in [6.07, 6.45) is 0.595. The molecule has 0 saturated carbocycles. The summed E-state index contributed by atoms with van der Waals surface area (Å²) in [6, 6.07) is 6.88. The molecule has 0 radical (unpaired) electrons. The van der Waals surface area contributed by atoms with E-state index < -0.39 is 8.07 Å². The second-order valence-corrected chi connectivity index (χ2v) is 8.34. The van der Waals surface area contributed by atoms with Gasteiger partial charge in [0.15, 0.2) is 0 Å². The maximum atomic E-state index is 11.3. The summed E-state index contributed by atoms with van der Waals surface area (Å²) >= 11 is 0. The van der Waals surface area contributed by atoms with Crippen LogP contribution in [0.4, 0.5) is 0 Å². The van der Waals surface area contributed by atoms with Crippen molar-refractivity contribution in [1.29, 1.82) is 0 Å². The molecule has 0 spiro atoms. The van der Waals surface area contributed by atoms with E-state index in [0.717, 1.165) is 5.75 Å². The quantitative estimate of drug-likeness (QED) is 0.584. The normalized spacial score (nSPS) is 10.6. The summed E-state index contributed by atoms with van der Waals surface area (Å²) < 4.78 is 10.3. The summed E-state index contributed by atoms with van der Waals surface area (Å²) in [5, 5.41) is 0. The van der Waals surface area contributed by atoms with Crippen molar-refractivity contribution in [2.45, 2.75) is 6.55 Å². The minimum absolute atomic E-state index is 0.349. The minimum Gasteiger partial charge on any atom is -0.496 e. The van der Waals surface area contributed by atoms with Crippen LogP contribution in [0.3, 0.4) is 0 Å². The van der Waals surface area contributed by atoms with Crippen LogP contribution < -0.4 is 4.74 Å². The van der Waals surface area contributed by atoms with E-state index >= 15 is 0 Å². The van der Waals surface area contributed by atoms with E-state index in [2.05, 4.69) is 24.4 Å². The zero-order valence-corrected chi connectivity index (χ0v) is 11.8. The number of hydrogen-bond donors (Lipinski definition) is 0. The number of rotatable bonds is 6. The molecule has 0 aliphatic heterocycles. The zero-order chi connectivity index (χ0) is 13.6. The van der Waals surface area contributed by atoms with Gasteiger partial charge in [-0.2, -0.15) is 0 Å². The van der Waals surface area contributed by atoms with E-state index in [4.69, 9.17) is 4.74 Å². The van der Waals surface area contributed by atoms with E-state index in [1.54, 1.807) is 24.3 Å². The Morgan fingerprint density at radius 2 is 1.83 bits per heavy atom. The van der Waals surface area contributed by atoms with Gasteiger partial charge in [0.1, 0.15) is 13.8 Å². The highest BCUT2D eigenvalue weighted by Crippen LogP contribution is 2.15. The van der Waals surface area contributed by atoms with Gasteiger partial charge in [-0.15, -0.1) is 13.2 Å². The molecular weight excluding hydrogens is 244 g/mol. The topological polar surface area (TPSA) is 35.5 Å². The van der Waals surface area contributed by atoms with Crippen LogP contribution in [0.5, 0.6) is 5.75 Å². The monoisotopic (exact) mass is 262 g/mol. The van der Waals surface area contributed by atoms with Crippen LogP contribution in [0.15, 0.2) is 48.8 Å². The largest absolute Gasteiger partial charge is 0.496 e. The van der Waals surface area contributed by atoms with Crippen LogP contribution in [0.25, 0.3) is 0 Å². The number of hydrogen-bond acceptors (Lipinski definition) is 3. The van der Waals surface area contributed by atoms with Crippen molar-refractivity contribution in [2.24, 2.45) is 0 Å². The zero-order valence-electron chi connectivity index (χ0n) is 10.8. The van der Waals surface area contributed by atoms with Crippen molar-refractivity contribution >= 4 is 14.0 Å². The predicted octanol–water partition coefficient (Wildman–Crippen LogP) is 2.92. The van der Waals surface area contributed by atoms with Gasteiger partial charge >= 0.3 is 5.97 Å². The minimum atomic E-state index is -1.71. The van der Waals surface area contributed by atoms with Gasteiger partial charge in [-0.3, -0.25) is 0 Å². The maximum absolute atomic E-state index is 11.3. The molecule has 0 heterocycles. The fourth-order valence-corrected chi connectivity index (χ4v) is 2.13. The van der Waals surface area contributed by atoms with Crippen LogP contribution in [0.1, 0.15) is 10.4 Å². The number of carbonyl (C=O) groups is 1. The number of esters is 1. The SMILES string of the molecule is C=C[Si](C)(C=C)COc1ccc(C(=O)OC)cc1. The molecule has 1 rings (SSSR count). The van der Waals surface area contributed by atoms with E-state index in [9.17, 15) is 4.79 Å². The number of benzene rings is 1. The number of carbonyl (C=O) groups excluding carboxylic acids is 1. The van der Waals surface area contributed by atoms with Crippen molar-refractivity contribution < 1.29 is 14.3 Å². The Morgan fingerprint density at radius 3 is 2.28 bits per heavy atom. The van der Waals surface area contributed by atoms with Gasteiger partial charge in [0.2, 0.25) is 0 Å². The molecule has 18 heavy (non-hydrogen) atoms. The lowest BCUT2D eigenvalue weighted by atomic mass is 10.2. The van der Waals surface area contributed by atoms with E-state index in [0.29, 0.717) is 11.8 Å². The highest BCUT2D eigenvalue weighted by molar-refractivity contribution is 6.87. The Morgan fingerprint density at radius 1 is 1.28 bits per heavy atom. The molecule has 1 aromatic rings. The van der Waals surface area contributed by atoms with Gasteiger partial charge in [0.25, 0.3) is 0 Å². The lowest BCUT2D eigenvalue weighted by molar-refractivity contribution is 0.0600. The van der Waals surface area contributed by atoms with Crippen LogP contribution in [0, 0.1) is 0 Å². The Balaban J connectivity index is 2.67. The van der Waals surface area contributed by atoms with Crippen LogP contribution in [-0.2, 0) is 4.74 Å². The fourth-order valence-electron chi connectivity index (χ4n) is 1.25. The summed E-state index contributed by atoms with van der Waals surface area (Å²) in [5.41, 5.74) is 4.38. The molecule has 0 aromatic heterocycles. The summed E-state index contributed by atoms with van der Waals surface area (Å²) in [7, 11) is -0.349. The van der Waals surface area contributed by atoms with Crippen molar-refractivity contribution in [2.75, 3.05) is 13.3 Å². The first kappa shape index (κ1) is 14.2. The Bertz CT molecular complexity index is 429. The molecule has 4 heteroatoms. The third-order valence-electron chi connectivity index (χ3n) is 2.76. The third-order valence-corrected chi connectivity index (χ3v) is 5.39. The molecular formula is C14H18O3Si. The second-order valence-electron chi connectivity index (χ2n) is 4.22. The van der Waals surface area contributed by atoms with Crippen molar-refractivity contribution in [3.8, 4) is 5.75 Å². The van der Waals surface area contributed by atoms with Crippen molar-refractivity contribution in [3.05, 3.63) is 54.4 Å². The lowest BCUT2D eigenvalue weighted by Gasteiger charge is -2.18. The highest BCUT2D eigenvalue weighted by atomic mass is 28.3. The molecule has 1 aromatic carbocycles. The summed E-state index contributed by atoms with van der Waals surface area (Å²) in [6.45, 7) is 9.75. The van der Waals surface area contributed by atoms with Crippen LogP contribution >= 0.6 is 0 Å². The molecule has 0 fully saturated rings. The first-order chi connectivity index (χ1) is 8.54. The second kappa shape index (κ2) is 6.21. The van der Waals surface area contributed by atoms with Crippen LogP contribution in [-0.4, -0.2) is 27.4 Å². The first-order valence-corrected chi connectivity index (χ1v) is 8.49. The molecule has 0 bridgehead atoms. The van der Waals surface area contributed by atoms with Gasteiger partial charge in [-0.05, 0) is 24.3 Å². The molecule has 0 aliphatic rings. The van der Waals surface area contributed by atoms with Gasteiger partial charge < -0.3 is 9.47 Å². The number of ether oxygens (including phenoxy) is 2. The Kier molecular flexibility index (Phi) is 4.92. The average molecular weight is 262 g/mol. The molecule has 0 atom stereocenters. The lowest BCUT2D eigenvalue weighted by Crippen LogP contribution is -2.33. The van der Waals surface area contributed by atoms with Crippen LogP contribution in [0.2, 0.25) is 6.55 Å². The smallest absolute Gasteiger partial charge is 0.337 e. The summed E-state index contributed by atoms with van der Waals surface area (Å²) in [5.74, 6) is 0.378. The number of methoxy groups -OCH3 is 1. The van der Waals surface area contributed by atoms with Crippen molar-refractivity contribution in [1.82, 2.24) is 0 Å². The standard InChI is InChI=1S/C14H18O3Si/c1-5-18(4,6-2)11-17-13-9-7-12(8-10-13)14(15)16-3/h5-10H,1-2,11H2,3-4H3. The molecule has 3 nitrogen and oxygen atoms in total. The van der Waals surface area contributed by atoms with E-state index in [1.165, 1.54) is 7.11 Å². The molecule has 0 aliphatic carbocycles. The first-order valence-electron chi connectivity index (χ1n) is 5.63. The van der Waals surface area contributed by atoms with Gasteiger partial charge in [0.05, 0.1) is 18.9 Å². The van der Waals surface area contributed by atoms with Gasteiger partial charge in [-0.25, -0.2) is 4.79 Å². The third kappa shape index (κ3) is 3.60. The van der Waals surface area contributed by atoms with Gasteiger partial charge in [-0.1, -0.05) is 17.9 Å². The Hall–Kier alpha value is -1.81. The van der Waals surface area contributed by atoms with Gasteiger partial charge in [0, 0.05) is 0 Å². The molecule has 0 saturated heterocycles. The molecule has 0 amide bonds. The van der Waals surface area contributed by atoms with E-state index in [-0.39, 0.29) is 5.97 Å². The summed E-state index contributed by atoms with van der Waals surface area (Å²) in [4.78, 5) is 11.3. The Labute approximate surface area is 109 Å². The molecule has 0 unspecified atom stereocenters. The highest BCUT2D eigenvalue weighted by Gasteiger charge is 2.19. The fraction of sp³-hybridized carbons (Fsp3) is 0.214. The average Bonchev–Trinajstić information content (AvgIpc) is 2.44. The molecule has 0 N–H and O–H groups in total.